The summed E-state index contributed by atoms with van der Waals surface area (Å²) in [7, 11) is 0. The molecule has 104 valence electrons. The van der Waals surface area contributed by atoms with Gasteiger partial charge in [-0.25, -0.2) is 0 Å². The summed E-state index contributed by atoms with van der Waals surface area (Å²) >= 11 is 0. The topological polar surface area (TPSA) is 68.0 Å². The number of nitrogens with one attached hydrogen (secondary N) is 1. The number of benzene rings is 1. The van der Waals surface area contributed by atoms with E-state index in [9.17, 15) is 4.79 Å². The van der Waals surface area contributed by atoms with Gasteiger partial charge in [-0.1, -0.05) is 17.3 Å². The minimum Gasteiger partial charge on any atom is -0.364 e. The van der Waals surface area contributed by atoms with E-state index in [1.807, 2.05) is 36.4 Å². The molecule has 1 N–H and O–H groups in total. The van der Waals surface area contributed by atoms with Gasteiger partial charge in [0.05, 0.1) is 0 Å². The molecule has 3 rings (SSSR count). The summed E-state index contributed by atoms with van der Waals surface area (Å²) in [6.45, 7) is 0. The molecule has 0 bridgehead atoms. The van der Waals surface area contributed by atoms with Crippen molar-refractivity contribution < 1.29 is 9.32 Å². The first kappa shape index (κ1) is 13.1. The highest BCUT2D eigenvalue weighted by atomic mass is 16.5. The Balaban J connectivity index is 1.65. The van der Waals surface area contributed by atoms with E-state index in [4.69, 9.17) is 0 Å². The maximum Gasteiger partial charge on any atom is 0.277 e. The van der Waals surface area contributed by atoms with Gasteiger partial charge in [0.1, 0.15) is 6.26 Å². The number of rotatable bonds is 4. The van der Waals surface area contributed by atoms with Gasteiger partial charge in [0, 0.05) is 24.1 Å². The van der Waals surface area contributed by atoms with Crippen molar-refractivity contribution in [1.29, 1.82) is 0 Å². The van der Waals surface area contributed by atoms with Gasteiger partial charge in [-0.05, 0) is 41.8 Å². The zero-order valence-electron chi connectivity index (χ0n) is 11.2. The van der Waals surface area contributed by atoms with E-state index >= 15 is 0 Å². The molecule has 0 atom stereocenters. The molecule has 0 spiro atoms. The summed E-state index contributed by atoms with van der Waals surface area (Å²) in [6.07, 6.45) is 5.76. The zero-order chi connectivity index (χ0) is 14.5. The van der Waals surface area contributed by atoms with Crippen molar-refractivity contribution in [3.05, 3.63) is 77.9 Å². The van der Waals surface area contributed by atoms with Gasteiger partial charge >= 0.3 is 0 Å². The van der Waals surface area contributed by atoms with Crippen molar-refractivity contribution in [3.8, 4) is 0 Å². The molecule has 0 aliphatic heterocycles. The lowest BCUT2D eigenvalue weighted by molar-refractivity contribution is 0.101. The fourth-order valence-corrected chi connectivity index (χ4v) is 1.97. The quantitative estimate of drug-likeness (QED) is 0.797. The summed E-state index contributed by atoms with van der Waals surface area (Å²) in [5.74, 6) is -0.286. The van der Waals surface area contributed by atoms with E-state index in [-0.39, 0.29) is 11.6 Å². The molecule has 2 heterocycles. The maximum atomic E-state index is 11.8. The van der Waals surface area contributed by atoms with E-state index in [0.717, 1.165) is 12.1 Å². The van der Waals surface area contributed by atoms with E-state index in [2.05, 4.69) is 20.0 Å². The third-order valence-electron chi connectivity index (χ3n) is 3.04. The highest BCUT2D eigenvalue weighted by molar-refractivity contribution is 6.02. The van der Waals surface area contributed by atoms with Gasteiger partial charge in [0.25, 0.3) is 5.91 Å². The van der Waals surface area contributed by atoms with Crippen LogP contribution >= 0.6 is 0 Å². The second-order valence-electron chi connectivity index (χ2n) is 4.57. The van der Waals surface area contributed by atoms with E-state index in [1.54, 1.807) is 12.4 Å². The zero-order valence-corrected chi connectivity index (χ0v) is 11.2. The van der Waals surface area contributed by atoms with E-state index < -0.39 is 0 Å². The van der Waals surface area contributed by atoms with E-state index in [0.29, 0.717) is 0 Å². The Morgan fingerprint density at radius 3 is 2.38 bits per heavy atom. The summed E-state index contributed by atoms with van der Waals surface area (Å²) < 4.78 is 4.64. The molecule has 0 unspecified atom stereocenters. The lowest BCUT2D eigenvalue weighted by Gasteiger charge is -2.05. The second-order valence-corrected chi connectivity index (χ2v) is 4.57. The molecule has 1 amide bonds. The number of hydrogen-bond donors (Lipinski definition) is 1. The van der Waals surface area contributed by atoms with Gasteiger partial charge in [0.15, 0.2) is 5.69 Å². The van der Waals surface area contributed by atoms with Crippen molar-refractivity contribution >= 4 is 11.6 Å². The number of hydrogen-bond acceptors (Lipinski definition) is 4. The Kier molecular flexibility index (Phi) is 3.73. The molecule has 0 radical (unpaired) electrons. The van der Waals surface area contributed by atoms with Crippen molar-refractivity contribution in [2.45, 2.75) is 6.42 Å². The van der Waals surface area contributed by atoms with Crippen LogP contribution in [0.25, 0.3) is 0 Å². The Labute approximate surface area is 121 Å². The van der Waals surface area contributed by atoms with Crippen LogP contribution in [0.15, 0.2) is 65.6 Å². The standard InChI is InChI=1S/C16H13N3O2/c20-16(15-7-10-21-19-15)18-14-3-1-12(2-4-14)11-13-5-8-17-9-6-13/h1-10H,11H2,(H,18,20). The summed E-state index contributed by atoms with van der Waals surface area (Å²) in [5.41, 5.74) is 3.35. The summed E-state index contributed by atoms with van der Waals surface area (Å²) in [6, 6.07) is 13.2. The van der Waals surface area contributed by atoms with Crippen LogP contribution in [0.2, 0.25) is 0 Å². The normalized spacial score (nSPS) is 10.3. The second kappa shape index (κ2) is 6.00. The Morgan fingerprint density at radius 2 is 1.71 bits per heavy atom. The molecule has 0 saturated carbocycles. The number of nitrogens with zero attached hydrogens (tertiary/aromatic N) is 2. The smallest absolute Gasteiger partial charge is 0.277 e. The van der Waals surface area contributed by atoms with Gasteiger partial charge in [-0.2, -0.15) is 0 Å². The van der Waals surface area contributed by atoms with Crippen molar-refractivity contribution in [1.82, 2.24) is 10.1 Å². The van der Waals surface area contributed by atoms with Crippen molar-refractivity contribution in [2.75, 3.05) is 5.32 Å². The largest absolute Gasteiger partial charge is 0.364 e. The molecule has 5 heteroatoms. The molecule has 0 aliphatic rings. The van der Waals surface area contributed by atoms with Gasteiger partial charge < -0.3 is 9.84 Å². The fourth-order valence-electron chi connectivity index (χ4n) is 1.97. The van der Waals surface area contributed by atoms with Crippen LogP contribution in [-0.4, -0.2) is 16.0 Å². The van der Waals surface area contributed by atoms with Crippen molar-refractivity contribution in [3.63, 3.8) is 0 Å². The van der Waals surface area contributed by atoms with Crippen LogP contribution in [0.4, 0.5) is 5.69 Å². The first-order chi connectivity index (χ1) is 10.3. The number of pyridine rings is 1. The van der Waals surface area contributed by atoms with Gasteiger partial charge in [-0.3, -0.25) is 9.78 Å². The Morgan fingerprint density at radius 1 is 1.00 bits per heavy atom. The molecule has 1 aromatic carbocycles. The average molecular weight is 279 g/mol. The molecule has 0 aliphatic carbocycles. The van der Waals surface area contributed by atoms with E-state index in [1.165, 1.54) is 23.5 Å². The molecule has 2 aromatic heterocycles. The highest BCUT2D eigenvalue weighted by Crippen LogP contribution is 2.14. The minimum absolute atomic E-state index is 0.260. The van der Waals surface area contributed by atoms with Crippen LogP contribution < -0.4 is 5.32 Å². The Bertz CT molecular complexity index is 707. The van der Waals surface area contributed by atoms with Crippen LogP contribution in [0.1, 0.15) is 21.6 Å². The molecule has 0 saturated heterocycles. The number of aromatic nitrogens is 2. The summed E-state index contributed by atoms with van der Waals surface area (Å²) in [4.78, 5) is 15.8. The molecular formula is C16H13N3O2. The number of anilines is 1. The average Bonchev–Trinajstić information content (AvgIpc) is 3.05. The minimum atomic E-state index is -0.286. The highest BCUT2D eigenvalue weighted by Gasteiger charge is 2.08. The third-order valence-corrected chi connectivity index (χ3v) is 3.04. The predicted molar refractivity (Wildman–Crippen MR) is 77.9 cm³/mol. The van der Waals surface area contributed by atoms with Gasteiger partial charge in [0.2, 0.25) is 0 Å². The van der Waals surface area contributed by atoms with Gasteiger partial charge in [-0.15, -0.1) is 0 Å². The lowest BCUT2D eigenvalue weighted by Crippen LogP contribution is -2.12. The third kappa shape index (κ3) is 3.33. The monoisotopic (exact) mass is 279 g/mol. The number of amides is 1. The van der Waals surface area contributed by atoms with Crippen molar-refractivity contribution in [2.24, 2.45) is 0 Å². The number of carbonyl (C=O) groups excluding carboxylic acids is 1. The molecule has 0 fully saturated rings. The SMILES string of the molecule is O=C(Nc1ccc(Cc2ccncc2)cc1)c1ccon1. The predicted octanol–water partition coefficient (Wildman–Crippen LogP) is 2.91. The van der Waals surface area contributed by atoms with Crippen LogP contribution in [0.5, 0.6) is 0 Å². The molecule has 3 aromatic rings. The molecule has 5 nitrogen and oxygen atoms in total. The number of carbonyl (C=O) groups is 1. The van der Waals surface area contributed by atoms with Crippen LogP contribution in [-0.2, 0) is 6.42 Å². The molecule has 21 heavy (non-hydrogen) atoms. The van der Waals surface area contributed by atoms with Crippen LogP contribution in [0.3, 0.4) is 0 Å². The summed E-state index contributed by atoms with van der Waals surface area (Å²) in [5, 5.41) is 6.36. The maximum absolute atomic E-state index is 11.8. The Hall–Kier alpha value is -2.95. The lowest BCUT2D eigenvalue weighted by atomic mass is 10.1. The fraction of sp³-hybridized carbons (Fsp3) is 0.0625. The first-order valence-electron chi connectivity index (χ1n) is 6.51. The van der Waals surface area contributed by atoms with Crippen LogP contribution in [0, 0.1) is 0 Å². The molecular weight excluding hydrogens is 266 g/mol. The first-order valence-corrected chi connectivity index (χ1v) is 6.51.